The predicted octanol–water partition coefficient (Wildman–Crippen LogP) is 2.56. The van der Waals surface area contributed by atoms with Crippen LogP contribution in [-0.2, 0) is 22.7 Å². The zero-order chi connectivity index (χ0) is 17.8. The molecule has 0 bridgehead atoms. The minimum Gasteiger partial charge on any atom is -0.379 e. The molecule has 2 aromatic rings. The van der Waals surface area contributed by atoms with Crippen LogP contribution in [0.15, 0.2) is 36.4 Å². The Morgan fingerprint density at radius 1 is 1.40 bits per heavy atom. The second-order valence-corrected chi connectivity index (χ2v) is 7.15. The number of amides is 2. The van der Waals surface area contributed by atoms with Gasteiger partial charge in [0.25, 0.3) is 5.91 Å². The first-order valence-electron chi connectivity index (χ1n) is 7.96. The lowest BCUT2D eigenvalue weighted by atomic mass is 10.2. The van der Waals surface area contributed by atoms with Gasteiger partial charge in [-0.2, -0.15) is 0 Å². The zero-order valence-corrected chi connectivity index (χ0v) is 14.6. The van der Waals surface area contributed by atoms with E-state index in [-0.39, 0.29) is 30.1 Å². The lowest BCUT2D eigenvalue weighted by molar-refractivity contribution is -0.128. The molecule has 1 aromatic heterocycles. The number of hydrogen-bond acceptors (Lipinski definition) is 4. The topological polar surface area (TPSA) is 58.6 Å². The monoisotopic (exact) mass is 362 g/mol. The average Bonchev–Trinajstić information content (AvgIpc) is 3.15. The summed E-state index contributed by atoms with van der Waals surface area (Å²) in [5, 5.41) is 2.90. The summed E-state index contributed by atoms with van der Waals surface area (Å²) >= 11 is 1.38. The highest BCUT2D eigenvalue weighted by Gasteiger charge is 2.31. The van der Waals surface area contributed by atoms with E-state index < -0.39 is 0 Å². The van der Waals surface area contributed by atoms with Crippen LogP contribution in [0, 0.1) is 5.82 Å². The van der Waals surface area contributed by atoms with Crippen molar-refractivity contribution in [1.82, 2.24) is 10.2 Å². The molecule has 0 radical (unpaired) electrons. The van der Waals surface area contributed by atoms with E-state index in [0.29, 0.717) is 24.6 Å². The minimum atomic E-state index is -0.321. The molecule has 1 saturated heterocycles. The molecule has 132 valence electrons. The molecule has 0 aliphatic carbocycles. The molecule has 1 atom stereocenters. The molecule has 2 amide bonds. The number of benzene rings is 1. The quantitative estimate of drug-likeness (QED) is 0.859. The third-order valence-electron chi connectivity index (χ3n) is 3.98. The summed E-state index contributed by atoms with van der Waals surface area (Å²) in [7, 11) is 1.61. The number of rotatable bonds is 6. The number of methoxy groups -OCH3 is 1. The van der Waals surface area contributed by atoms with Gasteiger partial charge in [0.05, 0.1) is 17.5 Å². The van der Waals surface area contributed by atoms with E-state index in [1.807, 2.05) is 6.07 Å². The SMILES string of the molecule is COCc1ccc(C(=O)N[C@@H]2CC(=O)N(Cc3cccc(F)c3)C2)s1. The molecule has 1 aliphatic rings. The molecule has 7 heteroatoms. The van der Waals surface area contributed by atoms with E-state index in [2.05, 4.69) is 5.32 Å². The van der Waals surface area contributed by atoms with Gasteiger partial charge in [-0.3, -0.25) is 9.59 Å². The Balaban J connectivity index is 1.57. The molecule has 3 rings (SSSR count). The summed E-state index contributed by atoms with van der Waals surface area (Å²) < 4.78 is 18.3. The Morgan fingerprint density at radius 3 is 3.00 bits per heavy atom. The third kappa shape index (κ3) is 4.43. The molecule has 0 unspecified atom stereocenters. The van der Waals surface area contributed by atoms with E-state index in [0.717, 1.165) is 10.4 Å². The summed E-state index contributed by atoms with van der Waals surface area (Å²) in [5.74, 6) is -0.544. The third-order valence-corrected chi connectivity index (χ3v) is 5.04. The van der Waals surface area contributed by atoms with Crippen molar-refractivity contribution in [2.45, 2.75) is 25.6 Å². The normalized spacial score (nSPS) is 17.1. The summed E-state index contributed by atoms with van der Waals surface area (Å²) in [6.45, 7) is 1.25. The standard InChI is InChI=1S/C18H19FN2O3S/c1-24-11-15-5-6-16(25-15)18(23)20-14-8-17(22)21(10-14)9-12-3-2-4-13(19)7-12/h2-7,14H,8-11H2,1H3,(H,20,23)/t14-/m1/s1. The number of nitrogens with zero attached hydrogens (tertiary/aromatic N) is 1. The van der Waals surface area contributed by atoms with Crippen LogP contribution in [-0.4, -0.2) is 36.4 Å². The van der Waals surface area contributed by atoms with E-state index >= 15 is 0 Å². The fourth-order valence-electron chi connectivity index (χ4n) is 2.85. The van der Waals surface area contributed by atoms with Gasteiger partial charge in [0.15, 0.2) is 0 Å². The zero-order valence-electron chi connectivity index (χ0n) is 13.8. The number of halogens is 1. The first-order valence-corrected chi connectivity index (χ1v) is 8.77. The largest absolute Gasteiger partial charge is 0.379 e. The van der Waals surface area contributed by atoms with E-state index in [1.54, 1.807) is 30.2 Å². The van der Waals surface area contributed by atoms with Gasteiger partial charge in [-0.1, -0.05) is 12.1 Å². The Morgan fingerprint density at radius 2 is 2.24 bits per heavy atom. The smallest absolute Gasteiger partial charge is 0.261 e. The molecule has 1 N–H and O–H groups in total. The molecule has 1 aliphatic heterocycles. The van der Waals surface area contributed by atoms with E-state index in [9.17, 15) is 14.0 Å². The summed E-state index contributed by atoms with van der Waals surface area (Å²) in [5.41, 5.74) is 0.739. The van der Waals surface area contributed by atoms with Crippen LogP contribution in [0.4, 0.5) is 4.39 Å². The van der Waals surface area contributed by atoms with Gasteiger partial charge in [-0.15, -0.1) is 11.3 Å². The van der Waals surface area contributed by atoms with Gasteiger partial charge in [0.1, 0.15) is 5.82 Å². The van der Waals surface area contributed by atoms with Gasteiger partial charge in [0, 0.05) is 31.5 Å². The van der Waals surface area contributed by atoms with Crippen molar-refractivity contribution in [2.75, 3.05) is 13.7 Å². The molecular formula is C18H19FN2O3S. The molecule has 0 saturated carbocycles. The first-order chi connectivity index (χ1) is 12.0. The average molecular weight is 362 g/mol. The molecule has 25 heavy (non-hydrogen) atoms. The van der Waals surface area contributed by atoms with E-state index in [1.165, 1.54) is 23.5 Å². The van der Waals surface area contributed by atoms with Crippen LogP contribution < -0.4 is 5.32 Å². The molecule has 1 aromatic carbocycles. The predicted molar refractivity (Wildman–Crippen MR) is 92.7 cm³/mol. The van der Waals surface area contributed by atoms with Crippen molar-refractivity contribution in [3.63, 3.8) is 0 Å². The first kappa shape index (κ1) is 17.6. The number of nitrogens with one attached hydrogen (secondary N) is 1. The molecule has 5 nitrogen and oxygen atoms in total. The van der Waals surface area contributed by atoms with E-state index in [4.69, 9.17) is 4.74 Å². The van der Waals surface area contributed by atoms with Gasteiger partial charge >= 0.3 is 0 Å². The van der Waals surface area contributed by atoms with Crippen molar-refractivity contribution in [1.29, 1.82) is 0 Å². The van der Waals surface area contributed by atoms with Crippen LogP contribution in [0.25, 0.3) is 0 Å². The Kier molecular flexibility index (Phi) is 5.45. The number of ether oxygens (including phenoxy) is 1. The van der Waals surface area contributed by atoms with Crippen LogP contribution in [0.2, 0.25) is 0 Å². The Bertz CT molecular complexity index is 777. The maximum atomic E-state index is 13.3. The summed E-state index contributed by atoms with van der Waals surface area (Å²) in [6.07, 6.45) is 0.261. The number of carbonyl (C=O) groups excluding carboxylic acids is 2. The summed E-state index contributed by atoms with van der Waals surface area (Å²) in [4.78, 5) is 27.7. The molecule has 0 spiro atoms. The van der Waals surface area contributed by atoms with Crippen LogP contribution in [0.3, 0.4) is 0 Å². The Labute approximate surface area is 149 Å². The fourth-order valence-corrected chi connectivity index (χ4v) is 3.74. The highest BCUT2D eigenvalue weighted by molar-refractivity contribution is 7.14. The second kappa shape index (κ2) is 7.76. The number of likely N-dealkylation sites (tertiary alicyclic amines) is 1. The van der Waals surface area contributed by atoms with Gasteiger partial charge in [-0.25, -0.2) is 4.39 Å². The van der Waals surface area contributed by atoms with Crippen LogP contribution >= 0.6 is 11.3 Å². The maximum Gasteiger partial charge on any atom is 0.261 e. The lowest BCUT2D eigenvalue weighted by Crippen LogP contribution is -2.36. The molecular weight excluding hydrogens is 343 g/mol. The van der Waals surface area contributed by atoms with Crippen LogP contribution in [0.1, 0.15) is 26.5 Å². The van der Waals surface area contributed by atoms with Gasteiger partial charge < -0.3 is 15.0 Å². The lowest BCUT2D eigenvalue weighted by Gasteiger charge is -2.17. The van der Waals surface area contributed by atoms with Gasteiger partial charge in [0.2, 0.25) is 5.91 Å². The van der Waals surface area contributed by atoms with Gasteiger partial charge in [-0.05, 0) is 29.8 Å². The van der Waals surface area contributed by atoms with Crippen molar-refractivity contribution >= 4 is 23.2 Å². The summed E-state index contributed by atoms with van der Waals surface area (Å²) in [6, 6.07) is 9.58. The number of carbonyl (C=O) groups is 2. The van der Waals surface area contributed by atoms with Crippen molar-refractivity contribution in [3.8, 4) is 0 Å². The fraction of sp³-hybridized carbons (Fsp3) is 0.333. The minimum absolute atomic E-state index is 0.0409. The van der Waals surface area contributed by atoms with Crippen molar-refractivity contribution < 1.29 is 18.7 Å². The van der Waals surface area contributed by atoms with Crippen LogP contribution in [0.5, 0.6) is 0 Å². The maximum absolute atomic E-state index is 13.3. The highest BCUT2D eigenvalue weighted by atomic mass is 32.1. The van der Waals surface area contributed by atoms with Crippen molar-refractivity contribution in [3.05, 3.63) is 57.5 Å². The number of thiophene rings is 1. The number of hydrogen-bond donors (Lipinski definition) is 1. The molecule has 1 fully saturated rings. The van der Waals surface area contributed by atoms with Crippen molar-refractivity contribution in [2.24, 2.45) is 0 Å². The Hall–Kier alpha value is -2.25. The second-order valence-electron chi connectivity index (χ2n) is 5.98. The molecule has 2 heterocycles. The highest BCUT2D eigenvalue weighted by Crippen LogP contribution is 2.19.